The zero-order chi connectivity index (χ0) is 15.9. The number of fused-ring (bicyclic) bond motifs is 2. The first-order valence-electron chi connectivity index (χ1n) is 7.22. The highest BCUT2D eigenvalue weighted by molar-refractivity contribution is 6.39. The molecule has 2 N–H and O–H groups in total. The highest BCUT2D eigenvalue weighted by atomic mass is 19.1. The van der Waals surface area contributed by atoms with Crippen LogP contribution in [0.25, 0.3) is 0 Å². The quantitative estimate of drug-likeness (QED) is 0.771. The molecule has 2 atom stereocenters. The van der Waals surface area contributed by atoms with Crippen LogP contribution in [0.2, 0.25) is 0 Å². The molecule has 1 aromatic carbocycles. The monoisotopic (exact) mass is 310 g/mol. The molecule has 0 unspecified atom stereocenters. The Bertz CT molecular complexity index is 609. The third kappa shape index (κ3) is 2.68. The van der Waals surface area contributed by atoms with Crippen molar-refractivity contribution in [2.75, 3.05) is 5.32 Å². The zero-order valence-corrected chi connectivity index (χ0v) is 11.8. The SMILES string of the molecule is O=C(Nc1cc(F)ccc1F)C(=O)N1[C@H]2CC[C@H]1CC(O)C2. The maximum Gasteiger partial charge on any atom is 0.314 e. The van der Waals surface area contributed by atoms with Crippen molar-refractivity contribution >= 4 is 17.5 Å². The number of halogens is 2. The molecular weight excluding hydrogens is 294 g/mol. The van der Waals surface area contributed by atoms with Crippen molar-refractivity contribution < 1.29 is 23.5 Å². The lowest BCUT2D eigenvalue weighted by molar-refractivity contribution is -0.147. The fourth-order valence-electron chi connectivity index (χ4n) is 3.37. The fourth-order valence-corrected chi connectivity index (χ4v) is 3.37. The molecule has 2 heterocycles. The molecule has 118 valence electrons. The second-order valence-electron chi connectivity index (χ2n) is 5.80. The minimum absolute atomic E-state index is 0.163. The third-order valence-electron chi connectivity index (χ3n) is 4.31. The maximum absolute atomic E-state index is 13.5. The van der Waals surface area contributed by atoms with Gasteiger partial charge in [-0.3, -0.25) is 9.59 Å². The van der Waals surface area contributed by atoms with Crippen molar-refractivity contribution in [1.82, 2.24) is 4.90 Å². The van der Waals surface area contributed by atoms with Gasteiger partial charge in [0, 0.05) is 18.2 Å². The van der Waals surface area contributed by atoms with E-state index in [-0.39, 0.29) is 17.8 Å². The summed E-state index contributed by atoms with van der Waals surface area (Å²) in [5.74, 6) is -3.26. The van der Waals surface area contributed by atoms with Crippen LogP contribution < -0.4 is 5.32 Å². The van der Waals surface area contributed by atoms with Crippen molar-refractivity contribution in [3.8, 4) is 0 Å². The standard InChI is InChI=1S/C15H16F2N2O3/c16-8-1-4-12(17)13(5-8)18-14(21)15(22)19-9-2-3-10(19)7-11(20)6-9/h1,4-5,9-11,20H,2-3,6-7H2,(H,18,21)/t9-,10-/m0/s1. The van der Waals surface area contributed by atoms with Crippen molar-refractivity contribution in [2.45, 2.75) is 43.9 Å². The highest BCUT2D eigenvalue weighted by Crippen LogP contribution is 2.35. The number of nitrogens with one attached hydrogen (secondary N) is 1. The van der Waals surface area contributed by atoms with E-state index in [0.29, 0.717) is 12.8 Å². The lowest BCUT2D eigenvalue weighted by atomic mass is 10.00. The fraction of sp³-hybridized carbons (Fsp3) is 0.467. The maximum atomic E-state index is 13.5. The molecule has 2 aliphatic rings. The molecule has 2 bridgehead atoms. The van der Waals surface area contributed by atoms with Gasteiger partial charge >= 0.3 is 11.8 Å². The van der Waals surface area contributed by atoms with Gasteiger partial charge in [0.05, 0.1) is 11.8 Å². The van der Waals surface area contributed by atoms with Gasteiger partial charge in [-0.25, -0.2) is 8.78 Å². The van der Waals surface area contributed by atoms with Crippen LogP contribution in [0.5, 0.6) is 0 Å². The lowest BCUT2D eigenvalue weighted by Crippen LogP contribution is -2.51. The van der Waals surface area contributed by atoms with E-state index in [2.05, 4.69) is 5.32 Å². The number of anilines is 1. The molecule has 2 amide bonds. The van der Waals surface area contributed by atoms with Crippen molar-refractivity contribution in [3.63, 3.8) is 0 Å². The van der Waals surface area contributed by atoms with Crippen molar-refractivity contribution in [3.05, 3.63) is 29.8 Å². The van der Waals surface area contributed by atoms with Crippen LogP contribution in [-0.4, -0.2) is 40.0 Å². The molecule has 7 heteroatoms. The molecule has 2 fully saturated rings. The van der Waals surface area contributed by atoms with Crippen molar-refractivity contribution in [2.24, 2.45) is 0 Å². The van der Waals surface area contributed by atoms with Gasteiger partial charge in [0.15, 0.2) is 0 Å². The third-order valence-corrected chi connectivity index (χ3v) is 4.31. The summed E-state index contributed by atoms with van der Waals surface area (Å²) in [6, 6.07) is 2.32. The normalized spacial score (nSPS) is 26.9. The van der Waals surface area contributed by atoms with Gasteiger partial charge in [-0.15, -0.1) is 0 Å². The first-order chi connectivity index (χ1) is 10.5. The summed E-state index contributed by atoms with van der Waals surface area (Å²) in [5.41, 5.74) is -0.359. The predicted octanol–water partition coefficient (Wildman–Crippen LogP) is 1.42. The molecule has 2 aliphatic heterocycles. The second-order valence-corrected chi connectivity index (χ2v) is 5.80. The molecule has 5 nitrogen and oxygen atoms in total. The minimum atomic E-state index is -0.988. The van der Waals surface area contributed by atoms with E-state index < -0.39 is 29.6 Å². The summed E-state index contributed by atoms with van der Waals surface area (Å²) in [4.78, 5) is 25.8. The molecule has 22 heavy (non-hydrogen) atoms. The number of aliphatic hydroxyl groups is 1. The Morgan fingerprint density at radius 1 is 1.18 bits per heavy atom. The zero-order valence-electron chi connectivity index (χ0n) is 11.8. The first-order valence-corrected chi connectivity index (χ1v) is 7.22. The summed E-state index contributed by atoms with van der Waals surface area (Å²) >= 11 is 0. The first kappa shape index (κ1) is 14.9. The molecule has 2 saturated heterocycles. The molecule has 0 aromatic heterocycles. The summed E-state index contributed by atoms with van der Waals surface area (Å²) in [6.45, 7) is 0. The number of piperidine rings is 1. The number of nitrogens with zero attached hydrogens (tertiary/aromatic N) is 1. The number of hydrogen-bond donors (Lipinski definition) is 2. The van der Waals surface area contributed by atoms with Crippen LogP contribution >= 0.6 is 0 Å². The van der Waals surface area contributed by atoms with Gasteiger partial charge in [-0.2, -0.15) is 0 Å². The number of hydrogen-bond acceptors (Lipinski definition) is 3. The predicted molar refractivity (Wildman–Crippen MR) is 73.9 cm³/mol. The van der Waals surface area contributed by atoms with Gasteiger partial charge in [0.2, 0.25) is 0 Å². The number of carbonyl (C=O) groups excluding carboxylic acids is 2. The van der Waals surface area contributed by atoms with E-state index in [9.17, 15) is 23.5 Å². The van der Waals surface area contributed by atoms with E-state index in [4.69, 9.17) is 0 Å². The Balaban J connectivity index is 1.73. The number of rotatable bonds is 1. The van der Waals surface area contributed by atoms with Crippen LogP contribution in [0.3, 0.4) is 0 Å². The van der Waals surface area contributed by atoms with Gasteiger partial charge in [-0.1, -0.05) is 0 Å². The van der Waals surface area contributed by atoms with Gasteiger partial charge in [-0.05, 0) is 37.8 Å². The van der Waals surface area contributed by atoms with Crippen LogP contribution in [0, 0.1) is 11.6 Å². The molecular formula is C15H16F2N2O3. The van der Waals surface area contributed by atoms with Crippen LogP contribution in [0.4, 0.5) is 14.5 Å². The molecule has 0 radical (unpaired) electrons. The molecule has 3 rings (SSSR count). The number of aliphatic hydroxyl groups excluding tert-OH is 1. The Kier molecular flexibility index (Phi) is 3.82. The smallest absolute Gasteiger partial charge is 0.314 e. The summed E-state index contributed by atoms with van der Waals surface area (Å²) in [7, 11) is 0. The summed E-state index contributed by atoms with van der Waals surface area (Å²) in [6.07, 6.45) is 1.93. The molecule has 0 aliphatic carbocycles. The number of carbonyl (C=O) groups is 2. The van der Waals surface area contributed by atoms with E-state index in [0.717, 1.165) is 31.0 Å². The second kappa shape index (κ2) is 5.64. The largest absolute Gasteiger partial charge is 0.393 e. The van der Waals surface area contributed by atoms with E-state index in [1.807, 2.05) is 0 Å². The van der Waals surface area contributed by atoms with Gasteiger partial charge in [0.1, 0.15) is 11.6 Å². The number of benzene rings is 1. The molecule has 1 aromatic rings. The van der Waals surface area contributed by atoms with E-state index >= 15 is 0 Å². The van der Waals surface area contributed by atoms with Gasteiger partial charge < -0.3 is 15.3 Å². The Labute approximate surface area is 125 Å². The average Bonchev–Trinajstić information content (AvgIpc) is 2.74. The van der Waals surface area contributed by atoms with Crippen LogP contribution in [-0.2, 0) is 9.59 Å². The van der Waals surface area contributed by atoms with Gasteiger partial charge in [0.25, 0.3) is 0 Å². The van der Waals surface area contributed by atoms with E-state index in [1.165, 1.54) is 4.90 Å². The average molecular weight is 310 g/mol. The Hall–Kier alpha value is -2.02. The highest BCUT2D eigenvalue weighted by Gasteiger charge is 2.44. The Morgan fingerprint density at radius 2 is 1.82 bits per heavy atom. The Morgan fingerprint density at radius 3 is 2.45 bits per heavy atom. The molecule has 0 spiro atoms. The number of amides is 2. The topological polar surface area (TPSA) is 69.6 Å². The summed E-state index contributed by atoms with van der Waals surface area (Å²) in [5, 5.41) is 11.8. The summed E-state index contributed by atoms with van der Waals surface area (Å²) < 4.78 is 26.6. The van der Waals surface area contributed by atoms with Crippen molar-refractivity contribution in [1.29, 1.82) is 0 Å². The lowest BCUT2D eigenvalue weighted by Gasteiger charge is -2.36. The van der Waals surface area contributed by atoms with Crippen LogP contribution in [0.1, 0.15) is 25.7 Å². The minimum Gasteiger partial charge on any atom is -0.393 e. The molecule has 0 saturated carbocycles. The van der Waals surface area contributed by atoms with E-state index in [1.54, 1.807) is 0 Å². The van der Waals surface area contributed by atoms with Crippen LogP contribution in [0.15, 0.2) is 18.2 Å².